The Kier molecular flexibility index (Phi) is 4.00. The van der Waals surface area contributed by atoms with Crippen molar-refractivity contribution >= 4 is 11.9 Å². The van der Waals surface area contributed by atoms with E-state index in [-0.39, 0.29) is 19.5 Å². The lowest BCUT2D eigenvalue weighted by atomic mass is 9.84. The van der Waals surface area contributed by atoms with Gasteiger partial charge in [0, 0.05) is 19.0 Å². The van der Waals surface area contributed by atoms with Gasteiger partial charge in [-0.15, -0.1) is 6.58 Å². The second-order valence-electron chi connectivity index (χ2n) is 4.08. The van der Waals surface area contributed by atoms with Gasteiger partial charge in [0.05, 0.1) is 0 Å². The molecule has 0 aliphatic carbocycles. The van der Waals surface area contributed by atoms with Gasteiger partial charge >= 0.3 is 18.1 Å². The summed E-state index contributed by atoms with van der Waals surface area (Å²) in [6.45, 7) is 3.38. The van der Waals surface area contributed by atoms with Crippen LogP contribution in [0, 0.1) is 5.92 Å². The van der Waals surface area contributed by atoms with E-state index in [1.165, 1.54) is 6.08 Å². The summed E-state index contributed by atoms with van der Waals surface area (Å²) in [4.78, 5) is 22.1. The normalized spacial score (nSPS) is 27.8. The maximum atomic E-state index is 12.2. The molecule has 1 rings (SSSR count). The fourth-order valence-electron chi connectivity index (χ4n) is 1.97. The molecule has 0 spiro atoms. The molecular formula is C10H13F3N2O3. The predicted octanol–water partition coefficient (Wildman–Crippen LogP) is 0.284. The average molecular weight is 266 g/mol. The Morgan fingerprint density at radius 2 is 2.17 bits per heavy atom. The van der Waals surface area contributed by atoms with Gasteiger partial charge in [-0.25, -0.2) is 4.79 Å². The van der Waals surface area contributed by atoms with E-state index >= 15 is 0 Å². The van der Waals surface area contributed by atoms with Crippen LogP contribution in [0.2, 0.25) is 0 Å². The smallest absolute Gasteiger partial charge is 0.471 e. The second-order valence-corrected chi connectivity index (χ2v) is 4.08. The minimum Gasteiger partial charge on any atom is -0.479 e. The average Bonchev–Trinajstić information content (AvgIpc) is 2.62. The molecular weight excluding hydrogens is 253 g/mol. The molecule has 1 amide bonds. The molecule has 1 saturated heterocycles. The number of allylic oxidation sites excluding steroid dienone is 1. The molecule has 5 nitrogen and oxygen atoms in total. The first kappa shape index (κ1) is 14.5. The minimum atomic E-state index is -5.11. The third-order valence-corrected chi connectivity index (χ3v) is 2.92. The van der Waals surface area contributed by atoms with Crippen molar-refractivity contribution < 1.29 is 27.9 Å². The van der Waals surface area contributed by atoms with Crippen LogP contribution in [-0.2, 0) is 9.59 Å². The van der Waals surface area contributed by atoms with Crippen molar-refractivity contribution in [3.63, 3.8) is 0 Å². The SMILES string of the molecule is C=CC[C@H]1CNC[C@@]1(NC(=O)C(F)(F)F)C(=O)O. The number of rotatable bonds is 4. The lowest BCUT2D eigenvalue weighted by molar-refractivity contribution is -0.178. The number of aliphatic carboxylic acids is 1. The monoisotopic (exact) mass is 266 g/mol. The molecule has 0 aromatic rings. The van der Waals surface area contributed by atoms with E-state index in [4.69, 9.17) is 5.11 Å². The molecule has 1 aliphatic rings. The summed E-state index contributed by atoms with van der Waals surface area (Å²) >= 11 is 0. The zero-order valence-electron chi connectivity index (χ0n) is 9.38. The van der Waals surface area contributed by atoms with E-state index in [1.54, 1.807) is 5.32 Å². The molecule has 1 aliphatic heterocycles. The van der Waals surface area contributed by atoms with E-state index < -0.39 is 29.5 Å². The number of nitrogens with one attached hydrogen (secondary N) is 2. The molecule has 102 valence electrons. The standard InChI is InChI=1S/C10H13F3N2O3/c1-2-3-6-4-14-5-9(6,8(17)18)15-7(16)10(11,12)13/h2,6,14H,1,3-5H2,(H,15,16)(H,17,18)/t6-,9-/m0/s1. The van der Waals surface area contributed by atoms with Gasteiger partial charge in [-0.3, -0.25) is 4.79 Å². The molecule has 0 unspecified atom stereocenters. The van der Waals surface area contributed by atoms with E-state index in [2.05, 4.69) is 11.9 Å². The topological polar surface area (TPSA) is 78.4 Å². The summed E-state index contributed by atoms with van der Waals surface area (Å²) in [5.74, 6) is -4.40. The highest BCUT2D eigenvalue weighted by Crippen LogP contribution is 2.28. The Morgan fingerprint density at radius 1 is 1.56 bits per heavy atom. The summed E-state index contributed by atoms with van der Waals surface area (Å²) in [5, 5.41) is 13.4. The van der Waals surface area contributed by atoms with Gasteiger partial charge in [-0.05, 0) is 6.42 Å². The van der Waals surface area contributed by atoms with Crippen molar-refractivity contribution in [2.24, 2.45) is 5.92 Å². The van der Waals surface area contributed by atoms with E-state index in [1.807, 2.05) is 0 Å². The van der Waals surface area contributed by atoms with Gasteiger partial charge in [-0.1, -0.05) is 6.08 Å². The molecule has 0 saturated carbocycles. The van der Waals surface area contributed by atoms with Crippen molar-refractivity contribution in [3.05, 3.63) is 12.7 Å². The Balaban J connectivity index is 2.98. The number of carboxylic acids is 1. The largest absolute Gasteiger partial charge is 0.479 e. The second kappa shape index (κ2) is 4.97. The molecule has 8 heteroatoms. The highest BCUT2D eigenvalue weighted by Gasteiger charge is 2.53. The first-order valence-corrected chi connectivity index (χ1v) is 5.18. The third kappa shape index (κ3) is 2.63. The third-order valence-electron chi connectivity index (χ3n) is 2.92. The summed E-state index contributed by atoms with van der Waals surface area (Å²) in [6, 6.07) is 0. The van der Waals surface area contributed by atoms with Crippen LogP contribution in [0.1, 0.15) is 6.42 Å². The van der Waals surface area contributed by atoms with Crippen molar-refractivity contribution in [1.82, 2.24) is 10.6 Å². The fraction of sp³-hybridized carbons (Fsp3) is 0.600. The van der Waals surface area contributed by atoms with Crippen LogP contribution in [0.5, 0.6) is 0 Å². The van der Waals surface area contributed by atoms with Crippen LogP contribution in [0.25, 0.3) is 0 Å². The number of amides is 1. The summed E-state index contributed by atoms with van der Waals surface area (Å²) in [7, 11) is 0. The number of carboxylic acid groups (broad SMARTS) is 1. The molecule has 2 atom stereocenters. The predicted molar refractivity (Wildman–Crippen MR) is 55.7 cm³/mol. The molecule has 1 fully saturated rings. The fourth-order valence-corrected chi connectivity index (χ4v) is 1.97. The Bertz CT molecular complexity index is 370. The van der Waals surface area contributed by atoms with Crippen LogP contribution in [0.4, 0.5) is 13.2 Å². The highest BCUT2D eigenvalue weighted by atomic mass is 19.4. The van der Waals surface area contributed by atoms with Gasteiger partial charge < -0.3 is 15.7 Å². The maximum Gasteiger partial charge on any atom is 0.471 e. The Morgan fingerprint density at radius 3 is 2.61 bits per heavy atom. The number of hydrogen-bond acceptors (Lipinski definition) is 3. The summed E-state index contributed by atoms with van der Waals surface area (Å²) in [5.41, 5.74) is -1.94. The molecule has 0 radical (unpaired) electrons. The zero-order chi connectivity index (χ0) is 14.0. The highest BCUT2D eigenvalue weighted by molar-refractivity contribution is 5.90. The number of carbonyl (C=O) groups is 2. The number of hydrogen-bond donors (Lipinski definition) is 3. The lowest BCUT2D eigenvalue weighted by Gasteiger charge is -2.31. The van der Waals surface area contributed by atoms with Gasteiger partial charge in [0.1, 0.15) is 0 Å². The Labute approximate surface area is 101 Å². The van der Waals surface area contributed by atoms with Crippen molar-refractivity contribution in [2.45, 2.75) is 18.1 Å². The van der Waals surface area contributed by atoms with Crippen LogP contribution in [0.3, 0.4) is 0 Å². The van der Waals surface area contributed by atoms with Gasteiger partial charge in [0.15, 0.2) is 5.54 Å². The number of alkyl halides is 3. The molecule has 1 heterocycles. The zero-order valence-corrected chi connectivity index (χ0v) is 9.38. The molecule has 3 N–H and O–H groups in total. The first-order chi connectivity index (χ1) is 8.24. The van der Waals surface area contributed by atoms with E-state index in [9.17, 15) is 22.8 Å². The lowest BCUT2D eigenvalue weighted by Crippen LogP contribution is -2.62. The number of halogens is 3. The number of carbonyl (C=O) groups excluding carboxylic acids is 1. The Hall–Kier alpha value is -1.57. The first-order valence-electron chi connectivity index (χ1n) is 5.18. The van der Waals surface area contributed by atoms with E-state index in [0.29, 0.717) is 0 Å². The van der Waals surface area contributed by atoms with Gasteiger partial charge in [0.2, 0.25) is 0 Å². The van der Waals surface area contributed by atoms with Crippen LogP contribution >= 0.6 is 0 Å². The molecule has 18 heavy (non-hydrogen) atoms. The minimum absolute atomic E-state index is 0.192. The van der Waals surface area contributed by atoms with Crippen LogP contribution < -0.4 is 10.6 Å². The quantitative estimate of drug-likeness (QED) is 0.639. The summed E-state index contributed by atoms with van der Waals surface area (Å²) in [6.07, 6.45) is -3.50. The van der Waals surface area contributed by atoms with Crippen molar-refractivity contribution in [2.75, 3.05) is 13.1 Å². The summed E-state index contributed by atoms with van der Waals surface area (Å²) < 4.78 is 36.6. The van der Waals surface area contributed by atoms with Gasteiger partial charge in [0.25, 0.3) is 0 Å². The van der Waals surface area contributed by atoms with Crippen molar-refractivity contribution in [1.29, 1.82) is 0 Å². The molecule has 0 aromatic carbocycles. The molecule has 0 aromatic heterocycles. The van der Waals surface area contributed by atoms with E-state index in [0.717, 1.165) is 0 Å². The molecule has 0 bridgehead atoms. The van der Waals surface area contributed by atoms with Crippen molar-refractivity contribution in [3.8, 4) is 0 Å². The van der Waals surface area contributed by atoms with Crippen LogP contribution in [-0.4, -0.2) is 41.8 Å². The maximum absolute atomic E-state index is 12.2. The van der Waals surface area contributed by atoms with Gasteiger partial charge in [-0.2, -0.15) is 13.2 Å². The van der Waals surface area contributed by atoms with Crippen LogP contribution in [0.15, 0.2) is 12.7 Å².